The first-order valence-corrected chi connectivity index (χ1v) is 6.72. The van der Waals surface area contributed by atoms with Crippen molar-refractivity contribution < 1.29 is 4.74 Å². The molecule has 0 unspecified atom stereocenters. The molecule has 2 N–H and O–H groups in total. The molecule has 2 rings (SSSR count). The normalized spacial score (nSPS) is 10.7. The highest BCUT2D eigenvalue weighted by atomic mass is 127. The van der Waals surface area contributed by atoms with Crippen molar-refractivity contribution in [3.05, 3.63) is 38.6 Å². The summed E-state index contributed by atoms with van der Waals surface area (Å²) in [5, 5.41) is 4.43. The zero-order valence-electron chi connectivity index (χ0n) is 10.7. The Morgan fingerprint density at radius 1 is 1.39 bits per heavy atom. The van der Waals surface area contributed by atoms with Crippen LogP contribution in [0.25, 0.3) is 0 Å². The zero-order chi connectivity index (χ0) is 13.3. The first kappa shape index (κ1) is 13.2. The van der Waals surface area contributed by atoms with Crippen LogP contribution in [0, 0.1) is 17.4 Å². The Labute approximate surface area is 120 Å². The van der Waals surface area contributed by atoms with Crippen molar-refractivity contribution in [1.82, 2.24) is 9.78 Å². The van der Waals surface area contributed by atoms with Crippen molar-refractivity contribution in [2.45, 2.75) is 20.4 Å². The van der Waals surface area contributed by atoms with E-state index in [4.69, 9.17) is 10.5 Å². The van der Waals surface area contributed by atoms with Gasteiger partial charge in [-0.3, -0.25) is 0 Å². The first-order chi connectivity index (χ1) is 8.52. The van der Waals surface area contributed by atoms with Crippen molar-refractivity contribution in [3.8, 4) is 5.75 Å². The van der Waals surface area contributed by atoms with E-state index in [1.165, 1.54) is 5.56 Å². The average Bonchev–Trinajstić information content (AvgIpc) is 2.57. The lowest BCUT2D eigenvalue weighted by Crippen LogP contribution is -2.06. The second-order valence-corrected chi connectivity index (χ2v) is 5.33. The summed E-state index contributed by atoms with van der Waals surface area (Å²) in [6, 6.07) is 6.11. The number of nitrogens with two attached hydrogens (primary N) is 1. The molecule has 4 nitrogen and oxygen atoms in total. The molecule has 0 atom stereocenters. The van der Waals surface area contributed by atoms with Crippen LogP contribution < -0.4 is 10.5 Å². The van der Waals surface area contributed by atoms with Gasteiger partial charge in [-0.1, -0.05) is 12.1 Å². The number of hydrogen-bond donors (Lipinski definition) is 1. The molecule has 0 amide bonds. The van der Waals surface area contributed by atoms with E-state index in [-0.39, 0.29) is 0 Å². The molecule has 1 aromatic heterocycles. The number of ether oxygens (including phenoxy) is 1. The molecule has 0 bridgehead atoms. The van der Waals surface area contributed by atoms with Gasteiger partial charge in [-0.25, -0.2) is 4.68 Å². The van der Waals surface area contributed by atoms with Crippen LogP contribution in [0.4, 0.5) is 5.82 Å². The Bertz CT molecular complexity index is 578. The summed E-state index contributed by atoms with van der Waals surface area (Å²) in [7, 11) is 1.68. The second-order valence-electron chi connectivity index (χ2n) is 4.25. The number of aryl methyl sites for hydroxylation is 2. The molecule has 18 heavy (non-hydrogen) atoms. The summed E-state index contributed by atoms with van der Waals surface area (Å²) in [6.45, 7) is 4.68. The maximum Gasteiger partial charge on any atom is 0.135 e. The molecule has 0 aliphatic heterocycles. The molecule has 0 aliphatic rings. The lowest BCUT2D eigenvalue weighted by Gasteiger charge is -2.08. The quantitative estimate of drug-likeness (QED) is 0.860. The minimum absolute atomic E-state index is 0.681. The van der Waals surface area contributed by atoms with E-state index < -0.39 is 0 Å². The number of nitrogen functional groups attached to an aromatic ring is 1. The van der Waals surface area contributed by atoms with Crippen LogP contribution in [-0.4, -0.2) is 16.9 Å². The summed E-state index contributed by atoms with van der Waals surface area (Å²) < 4.78 is 8.11. The smallest absolute Gasteiger partial charge is 0.135 e. The molecule has 1 aromatic carbocycles. The maximum absolute atomic E-state index is 6.01. The summed E-state index contributed by atoms with van der Waals surface area (Å²) in [5.41, 5.74) is 9.27. The third-order valence-corrected chi connectivity index (χ3v) is 4.22. The van der Waals surface area contributed by atoms with Gasteiger partial charge in [0, 0.05) is 0 Å². The Morgan fingerprint density at radius 3 is 2.61 bits per heavy atom. The van der Waals surface area contributed by atoms with Crippen LogP contribution in [0.3, 0.4) is 0 Å². The van der Waals surface area contributed by atoms with Crippen LogP contribution in [0.5, 0.6) is 5.75 Å². The molecular weight excluding hydrogens is 341 g/mol. The Hall–Kier alpha value is -1.24. The summed E-state index contributed by atoms with van der Waals surface area (Å²) in [6.07, 6.45) is 0. The maximum atomic E-state index is 6.01. The molecule has 0 saturated heterocycles. The molecule has 0 radical (unpaired) electrons. The number of methoxy groups -OCH3 is 1. The highest BCUT2D eigenvalue weighted by molar-refractivity contribution is 14.1. The van der Waals surface area contributed by atoms with Crippen molar-refractivity contribution >= 4 is 28.4 Å². The molecule has 0 saturated carbocycles. The molecule has 2 aromatic rings. The third kappa shape index (κ3) is 2.45. The van der Waals surface area contributed by atoms with E-state index in [2.05, 4.69) is 33.8 Å². The topological polar surface area (TPSA) is 53.1 Å². The first-order valence-electron chi connectivity index (χ1n) is 5.65. The number of anilines is 1. The summed E-state index contributed by atoms with van der Waals surface area (Å²) in [5.74, 6) is 1.62. The minimum atomic E-state index is 0.681. The fourth-order valence-corrected chi connectivity index (χ4v) is 2.30. The van der Waals surface area contributed by atoms with Crippen LogP contribution in [0.1, 0.15) is 16.8 Å². The number of halogens is 1. The van der Waals surface area contributed by atoms with Gasteiger partial charge >= 0.3 is 0 Å². The van der Waals surface area contributed by atoms with E-state index in [0.717, 1.165) is 26.4 Å². The van der Waals surface area contributed by atoms with Gasteiger partial charge in [-0.05, 0) is 53.6 Å². The van der Waals surface area contributed by atoms with Gasteiger partial charge in [-0.15, -0.1) is 0 Å². The Balaban J connectivity index is 2.28. The monoisotopic (exact) mass is 357 g/mol. The van der Waals surface area contributed by atoms with Gasteiger partial charge in [0.05, 0.1) is 22.9 Å². The molecule has 0 spiro atoms. The third-order valence-electron chi connectivity index (χ3n) is 2.88. The lowest BCUT2D eigenvalue weighted by molar-refractivity contribution is 0.411. The van der Waals surface area contributed by atoms with E-state index >= 15 is 0 Å². The van der Waals surface area contributed by atoms with Crippen molar-refractivity contribution in [2.75, 3.05) is 12.8 Å². The van der Waals surface area contributed by atoms with Crippen LogP contribution in [0.15, 0.2) is 18.2 Å². The highest BCUT2D eigenvalue weighted by Crippen LogP contribution is 2.22. The predicted molar refractivity (Wildman–Crippen MR) is 80.9 cm³/mol. The lowest BCUT2D eigenvalue weighted by atomic mass is 10.1. The zero-order valence-corrected chi connectivity index (χ0v) is 12.9. The summed E-state index contributed by atoms with van der Waals surface area (Å²) >= 11 is 2.22. The van der Waals surface area contributed by atoms with Gasteiger partial charge in [0.2, 0.25) is 0 Å². The van der Waals surface area contributed by atoms with Crippen LogP contribution in [0.2, 0.25) is 0 Å². The van der Waals surface area contributed by atoms with Crippen LogP contribution >= 0.6 is 22.6 Å². The largest absolute Gasteiger partial charge is 0.496 e. The average molecular weight is 357 g/mol. The number of aromatic nitrogens is 2. The van der Waals surface area contributed by atoms with E-state index in [1.807, 2.05) is 30.7 Å². The minimum Gasteiger partial charge on any atom is -0.496 e. The summed E-state index contributed by atoms with van der Waals surface area (Å²) in [4.78, 5) is 0. The SMILES string of the molecule is COc1ccc(Cn2nc(C)c(I)c2N)cc1C. The predicted octanol–water partition coefficient (Wildman–Crippen LogP) is 2.74. The molecule has 96 valence electrons. The van der Waals surface area contributed by atoms with Gasteiger partial charge in [0.1, 0.15) is 11.6 Å². The van der Waals surface area contributed by atoms with Gasteiger partial charge in [-0.2, -0.15) is 5.10 Å². The van der Waals surface area contributed by atoms with Gasteiger partial charge in [0.25, 0.3) is 0 Å². The molecule has 5 heteroatoms. The van der Waals surface area contributed by atoms with Crippen molar-refractivity contribution in [1.29, 1.82) is 0 Å². The molecule has 1 heterocycles. The van der Waals surface area contributed by atoms with Crippen molar-refractivity contribution in [3.63, 3.8) is 0 Å². The fourth-order valence-electron chi connectivity index (χ4n) is 1.91. The van der Waals surface area contributed by atoms with E-state index in [0.29, 0.717) is 6.54 Å². The Morgan fingerprint density at radius 2 is 2.11 bits per heavy atom. The van der Waals surface area contributed by atoms with E-state index in [1.54, 1.807) is 7.11 Å². The molecule has 0 fully saturated rings. The standard InChI is InChI=1S/C13H16IN3O/c1-8-6-10(4-5-11(8)18-3)7-17-13(15)12(14)9(2)16-17/h4-6H,7,15H2,1-3H3. The fraction of sp³-hybridized carbons (Fsp3) is 0.308. The number of benzene rings is 1. The van der Waals surface area contributed by atoms with E-state index in [9.17, 15) is 0 Å². The number of hydrogen-bond acceptors (Lipinski definition) is 3. The Kier molecular flexibility index (Phi) is 3.79. The number of nitrogens with zero attached hydrogens (tertiary/aromatic N) is 2. The van der Waals surface area contributed by atoms with Crippen LogP contribution in [-0.2, 0) is 6.54 Å². The van der Waals surface area contributed by atoms with Gasteiger partial charge in [0.15, 0.2) is 0 Å². The highest BCUT2D eigenvalue weighted by Gasteiger charge is 2.10. The number of rotatable bonds is 3. The van der Waals surface area contributed by atoms with Gasteiger partial charge < -0.3 is 10.5 Å². The molecule has 0 aliphatic carbocycles. The second kappa shape index (κ2) is 5.17. The molecular formula is C13H16IN3O. The van der Waals surface area contributed by atoms with Crippen molar-refractivity contribution in [2.24, 2.45) is 0 Å².